The molecule has 1 aliphatic heterocycles. The van der Waals surface area contributed by atoms with Gasteiger partial charge in [-0.15, -0.1) is 0 Å². The molecule has 114 valence electrons. The van der Waals surface area contributed by atoms with Crippen LogP contribution < -0.4 is 10.2 Å². The molecule has 2 aliphatic rings. The highest BCUT2D eigenvalue weighted by atomic mass is 16.5. The Labute approximate surface area is 126 Å². The Bertz CT molecular complexity index is 476. The van der Waals surface area contributed by atoms with Crippen molar-refractivity contribution in [3.8, 4) is 0 Å². The number of carbonyl (C=O) groups is 1. The Morgan fingerprint density at radius 2 is 1.86 bits per heavy atom. The quantitative estimate of drug-likeness (QED) is 0.846. The molecule has 1 aliphatic carbocycles. The Morgan fingerprint density at radius 1 is 1.19 bits per heavy atom. The van der Waals surface area contributed by atoms with E-state index in [4.69, 9.17) is 4.74 Å². The molecule has 0 radical (unpaired) electrons. The molecule has 1 aromatic carbocycles. The summed E-state index contributed by atoms with van der Waals surface area (Å²) < 4.78 is 4.90. The Balaban J connectivity index is 1.64. The van der Waals surface area contributed by atoms with Crippen molar-refractivity contribution in [2.24, 2.45) is 5.92 Å². The highest BCUT2D eigenvalue weighted by Crippen LogP contribution is 2.35. The van der Waals surface area contributed by atoms with Gasteiger partial charge in [-0.3, -0.25) is 0 Å². The van der Waals surface area contributed by atoms with Gasteiger partial charge in [0.25, 0.3) is 0 Å². The molecule has 1 heterocycles. The van der Waals surface area contributed by atoms with Crippen molar-refractivity contribution < 1.29 is 9.53 Å². The van der Waals surface area contributed by atoms with Crippen LogP contribution in [0.25, 0.3) is 0 Å². The first-order chi connectivity index (χ1) is 10.3. The van der Waals surface area contributed by atoms with Gasteiger partial charge in [-0.1, -0.05) is 0 Å². The molecule has 3 rings (SSSR count). The normalized spacial score (nSPS) is 20.0. The van der Waals surface area contributed by atoms with Gasteiger partial charge in [-0.2, -0.15) is 0 Å². The molecule has 4 heteroatoms. The van der Waals surface area contributed by atoms with E-state index < -0.39 is 0 Å². The van der Waals surface area contributed by atoms with E-state index >= 15 is 0 Å². The summed E-state index contributed by atoms with van der Waals surface area (Å²) in [6.45, 7) is 2.30. The van der Waals surface area contributed by atoms with Crippen LogP contribution in [-0.2, 0) is 9.53 Å². The van der Waals surface area contributed by atoms with Crippen LogP contribution in [0.3, 0.4) is 0 Å². The van der Waals surface area contributed by atoms with Gasteiger partial charge in [0.05, 0.1) is 7.11 Å². The molecule has 0 spiro atoms. The average Bonchev–Trinajstić information content (AvgIpc) is 3.38. The standard InChI is InChI=1S/C17H24N2O2/c1-21-17(20)16(13-5-6-13)18-14-7-9-15(10-8-14)19-11-3-2-4-12-19/h7-10,13,16,18H,2-6,11-12H2,1H3. The lowest BCUT2D eigenvalue weighted by molar-refractivity contribution is -0.142. The fraction of sp³-hybridized carbons (Fsp3) is 0.588. The number of piperidine rings is 1. The van der Waals surface area contributed by atoms with Crippen molar-refractivity contribution in [1.82, 2.24) is 0 Å². The van der Waals surface area contributed by atoms with Crippen LogP contribution >= 0.6 is 0 Å². The predicted molar refractivity (Wildman–Crippen MR) is 84.7 cm³/mol. The number of anilines is 2. The number of hydrogen-bond donors (Lipinski definition) is 1. The molecule has 0 aromatic heterocycles. The minimum atomic E-state index is -0.198. The predicted octanol–water partition coefficient (Wildman–Crippen LogP) is 3.04. The van der Waals surface area contributed by atoms with E-state index in [1.165, 1.54) is 32.1 Å². The van der Waals surface area contributed by atoms with E-state index in [0.717, 1.165) is 31.6 Å². The van der Waals surface area contributed by atoms with Crippen molar-refractivity contribution in [3.05, 3.63) is 24.3 Å². The first kappa shape index (κ1) is 14.2. The highest BCUT2D eigenvalue weighted by Gasteiger charge is 2.36. The summed E-state index contributed by atoms with van der Waals surface area (Å²) in [6, 6.07) is 8.24. The molecule has 4 nitrogen and oxygen atoms in total. The van der Waals surface area contributed by atoms with Gasteiger partial charge >= 0.3 is 5.97 Å². The monoisotopic (exact) mass is 288 g/mol. The smallest absolute Gasteiger partial charge is 0.328 e. The summed E-state index contributed by atoms with van der Waals surface area (Å²) in [5, 5.41) is 3.33. The van der Waals surface area contributed by atoms with E-state index in [-0.39, 0.29) is 12.0 Å². The minimum Gasteiger partial charge on any atom is -0.467 e. The Kier molecular flexibility index (Phi) is 4.32. The number of nitrogens with one attached hydrogen (secondary N) is 1. The van der Waals surface area contributed by atoms with Crippen molar-refractivity contribution >= 4 is 17.3 Å². The second-order valence-electron chi connectivity index (χ2n) is 6.08. The molecule has 1 unspecified atom stereocenters. The number of hydrogen-bond acceptors (Lipinski definition) is 4. The van der Waals surface area contributed by atoms with Gasteiger partial charge in [-0.25, -0.2) is 4.79 Å². The fourth-order valence-corrected chi connectivity index (χ4v) is 3.03. The van der Waals surface area contributed by atoms with Crippen LogP contribution in [0.15, 0.2) is 24.3 Å². The SMILES string of the molecule is COC(=O)C(Nc1ccc(N2CCCCC2)cc1)C1CC1. The maximum Gasteiger partial charge on any atom is 0.328 e. The Morgan fingerprint density at radius 3 is 2.43 bits per heavy atom. The molecule has 1 N–H and O–H groups in total. The summed E-state index contributed by atoms with van der Waals surface area (Å²) >= 11 is 0. The maximum absolute atomic E-state index is 11.8. The van der Waals surface area contributed by atoms with E-state index in [0.29, 0.717) is 5.92 Å². The van der Waals surface area contributed by atoms with Gasteiger partial charge in [0.2, 0.25) is 0 Å². The van der Waals surface area contributed by atoms with E-state index in [1.54, 1.807) is 0 Å². The largest absolute Gasteiger partial charge is 0.467 e. The molecular formula is C17H24N2O2. The first-order valence-corrected chi connectivity index (χ1v) is 7.97. The molecular weight excluding hydrogens is 264 g/mol. The minimum absolute atomic E-state index is 0.155. The summed E-state index contributed by atoms with van der Waals surface area (Å²) in [7, 11) is 1.46. The second kappa shape index (κ2) is 6.37. The van der Waals surface area contributed by atoms with Crippen LogP contribution in [0, 0.1) is 5.92 Å². The number of methoxy groups -OCH3 is 1. The third kappa shape index (κ3) is 3.49. The molecule has 1 aromatic rings. The van der Waals surface area contributed by atoms with Crippen LogP contribution in [0.4, 0.5) is 11.4 Å². The van der Waals surface area contributed by atoms with Gasteiger partial charge in [-0.05, 0) is 62.3 Å². The third-order valence-corrected chi connectivity index (χ3v) is 4.46. The van der Waals surface area contributed by atoms with Gasteiger partial charge < -0.3 is 15.0 Å². The molecule has 1 saturated heterocycles. The van der Waals surface area contributed by atoms with E-state index in [2.05, 4.69) is 34.5 Å². The molecule has 2 fully saturated rings. The molecule has 0 bridgehead atoms. The number of nitrogens with zero attached hydrogens (tertiary/aromatic N) is 1. The van der Waals surface area contributed by atoms with Gasteiger partial charge in [0.1, 0.15) is 6.04 Å². The number of rotatable bonds is 5. The molecule has 21 heavy (non-hydrogen) atoms. The number of carbonyl (C=O) groups excluding carboxylic acids is 1. The van der Waals surface area contributed by atoms with Crippen LogP contribution in [-0.4, -0.2) is 32.2 Å². The van der Waals surface area contributed by atoms with Crippen molar-refractivity contribution in [1.29, 1.82) is 0 Å². The van der Waals surface area contributed by atoms with E-state index in [1.807, 2.05) is 0 Å². The lowest BCUT2D eigenvalue weighted by Gasteiger charge is -2.29. The Hall–Kier alpha value is -1.71. The van der Waals surface area contributed by atoms with E-state index in [9.17, 15) is 4.79 Å². The molecule has 1 atom stereocenters. The summed E-state index contributed by atoms with van der Waals surface area (Å²) in [6.07, 6.45) is 6.13. The first-order valence-electron chi connectivity index (χ1n) is 7.97. The zero-order valence-corrected chi connectivity index (χ0v) is 12.7. The fourth-order valence-electron chi connectivity index (χ4n) is 3.03. The van der Waals surface area contributed by atoms with Crippen molar-refractivity contribution in [2.45, 2.75) is 38.1 Å². The van der Waals surface area contributed by atoms with Gasteiger partial charge in [0, 0.05) is 24.5 Å². The number of esters is 1. The number of ether oxygens (including phenoxy) is 1. The summed E-state index contributed by atoms with van der Waals surface area (Å²) in [5.41, 5.74) is 2.28. The zero-order valence-electron chi connectivity index (χ0n) is 12.7. The molecule has 1 saturated carbocycles. The highest BCUT2D eigenvalue weighted by molar-refractivity contribution is 5.80. The van der Waals surface area contributed by atoms with Crippen molar-refractivity contribution in [3.63, 3.8) is 0 Å². The molecule has 0 amide bonds. The average molecular weight is 288 g/mol. The van der Waals surface area contributed by atoms with Crippen LogP contribution in [0.2, 0.25) is 0 Å². The summed E-state index contributed by atoms with van der Waals surface area (Å²) in [4.78, 5) is 14.3. The second-order valence-corrected chi connectivity index (χ2v) is 6.08. The zero-order chi connectivity index (χ0) is 14.7. The third-order valence-electron chi connectivity index (χ3n) is 4.46. The van der Waals surface area contributed by atoms with Crippen LogP contribution in [0.5, 0.6) is 0 Å². The maximum atomic E-state index is 11.8. The topological polar surface area (TPSA) is 41.6 Å². The van der Waals surface area contributed by atoms with Crippen molar-refractivity contribution in [2.75, 3.05) is 30.4 Å². The van der Waals surface area contributed by atoms with Gasteiger partial charge in [0.15, 0.2) is 0 Å². The van der Waals surface area contributed by atoms with Crippen LogP contribution in [0.1, 0.15) is 32.1 Å². The lowest BCUT2D eigenvalue weighted by atomic mass is 10.1. The number of benzene rings is 1. The lowest BCUT2D eigenvalue weighted by Crippen LogP contribution is -2.32. The summed E-state index contributed by atoms with van der Waals surface area (Å²) in [5.74, 6) is 0.275.